The van der Waals surface area contributed by atoms with Gasteiger partial charge in [-0.25, -0.2) is 9.69 Å². The summed E-state index contributed by atoms with van der Waals surface area (Å²) in [6, 6.07) is 17.3. The summed E-state index contributed by atoms with van der Waals surface area (Å²) in [5.41, 5.74) is 1.86. The molecule has 0 saturated heterocycles. The van der Waals surface area contributed by atoms with Gasteiger partial charge in [0.25, 0.3) is 11.8 Å². The van der Waals surface area contributed by atoms with Crippen LogP contribution in [-0.2, 0) is 4.79 Å². The summed E-state index contributed by atoms with van der Waals surface area (Å²) in [6.45, 7) is 0. The molecule has 2 aliphatic rings. The normalized spacial score (nSPS) is 15.0. The second-order valence-corrected chi connectivity index (χ2v) is 6.87. The first kappa shape index (κ1) is 17.1. The van der Waals surface area contributed by atoms with Gasteiger partial charge in [0.2, 0.25) is 0 Å². The van der Waals surface area contributed by atoms with Crippen LogP contribution < -0.4 is 9.64 Å². The number of rotatable bonds is 3. The van der Waals surface area contributed by atoms with Crippen molar-refractivity contribution < 1.29 is 19.1 Å². The largest absolute Gasteiger partial charge is 0.423 e. The van der Waals surface area contributed by atoms with Gasteiger partial charge in [0.05, 0.1) is 5.69 Å². The van der Waals surface area contributed by atoms with Crippen LogP contribution in [0.3, 0.4) is 0 Å². The smallest absolute Gasteiger partial charge is 0.339 e. The van der Waals surface area contributed by atoms with Crippen LogP contribution >= 0.6 is 0 Å². The Morgan fingerprint density at radius 2 is 1.59 bits per heavy atom. The van der Waals surface area contributed by atoms with Gasteiger partial charge in [-0.2, -0.15) is 0 Å². The van der Waals surface area contributed by atoms with Gasteiger partial charge in [-0.1, -0.05) is 48.6 Å². The first-order valence-electron chi connectivity index (χ1n) is 9.22. The highest BCUT2D eigenvalue weighted by Crippen LogP contribution is 2.34. The molecule has 0 N–H and O–H groups in total. The molecule has 140 valence electrons. The fraction of sp³-hybridized carbons (Fsp3) is 0.0417. The van der Waals surface area contributed by atoms with E-state index in [0.29, 0.717) is 34.2 Å². The predicted molar refractivity (Wildman–Crippen MR) is 109 cm³/mol. The number of ether oxygens (including phenoxy) is 1. The maximum Gasteiger partial charge on any atom is 0.339 e. The zero-order valence-electron chi connectivity index (χ0n) is 15.3. The van der Waals surface area contributed by atoms with Gasteiger partial charge in [-0.3, -0.25) is 9.59 Å². The first-order valence-corrected chi connectivity index (χ1v) is 9.22. The van der Waals surface area contributed by atoms with Crippen molar-refractivity contribution in [3.63, 3.8) is 0 Å². The number of carbonyl (C=O) groups excluding carboxylic acids is 3. The van der Waals surface area contributed by atoms with Gasteiger partial charge in [0.15, 0.2) is 0 Å². The Bertz CT molecular complexity index is 1220. The van der Waals surface area contributed by atoms with Crippen LogP contribution in [0, 0.1) is 0 Å². The van der Waals surface area contributed by atoms with Crippen LogP contribution in [0.15, 0.2) is 84.5 Å². The maximum atomic E-state index is 13.1. The molecule has 0 aromatic heterocycles. The maximum absolute atomic E-state index is 13.1. The highest BCUT2D eigenvalue weighted by atomic mass is 16.5. The number of carbonyl (C=O) groups is 3. The van der Waals surface area contributed by atoms with E-state index in [2.05, 4.69) is 0 Å². The molecular formula is C24H15NO4. The van der Waals surface area contributed by atoms with Crippen molar-refractivity contribution in [3.8, 4) is 5.75 Å². The molecule has 0 fully saturated rings. The second-order valence-electron chi connectivity index (χ2n) is 6.87. The van der Waals surface area contributed by atoms with E-state index in [0.717, 1.165) is 10.3 Å². The highest BCUT2D eigenvalue weighted by Gasteiger charge is 2.34. The quantitative estimate of drug-likeness (QED) is 0.382. The Hall–Kier alpha value is -3.99. The second kappa shape index (κ2) is 6.56. The SMILES string of the molecule is O=C(Oc1cccc(N2C(=O)c3cccc4cccc(c34)C2=O)c1)C1=CC=CC1. The summed E-state index contributed by atoms with van der Waals surface area (Å²) in [7, 11) is 0. The summed E-state index contributed by atoms with van der Waals surface area (Å²) in [6.07, 6.45) is 5.91. The molecule has 5 nitrogen and oxygen atoms in total. The molecule has 5 rings (SSSR count). The number of benzene rings is 3. The van der Waals surface area contributed by atoms with Crippen molar-refractivity contribution >= 4 is 34.2 Å². The van der Waals surface area contributed by atoms with Gasteiger partial charge in [0, 0.05) is 28.2 Å². The van der Waals surface area contributed by atoms with E-state index in [1.54, 1.807) is 54.6 Å². The number of anilines is 1. The van der Waals surface area contributed by atoms with Crippen molar-refractivity contribution in [2.24, 2.45) is 0 Å². The Kier molecular flexibility index (Phi) is 3.88. The van der Waals surface area contributed by atoms with Crippen molar-refractivity contribution in [2.75, 3.05) is 4.90 Å². The monoisotopic (exact) mass is 381 g/mol. The fourth-order valence-corrected chi connectivity index (χ4v) is 3.72. The van der Waals surface area contributed by atoms with Crippen LogP contribution in [0.1, 0.15) is 27.1 Å². The minimum atomic E-state index is -0.446. The Balaban J connectivity index is 1.52. The molecule has 0 spiro atoms. The molecule has 3 aromatic carbocycles. The third kappa shape index (κ3) is 2.75. The molecule has 1 heterocycles. The molecule has 0 unspecified atom stereocenters. The third-order valence-electron chi connectivity index (χ3n) is 5.09. The topological polar surface area (TPSA) is 63.7 Å². The molecule has 3 aromatic rings. The van der Waals surface area contributed by atoms with E-state index in [9.17, 15) is 14.4 Å². The lowest BCUT2D eigenvalue weighted by Crippen LogP contribution is -2.40. The predicted octanol–water partition coefficient (Wildman–Crippen LogP) is 4.43. The summed E-state index contributed by atoms with van der Waals surface area (Å²) < 4.78 is 5.43. The van der Waals surface area contributed by atoms with Gasteiger partial charge < -0.3 is 4.74 Å². The molecule has 0 radical (unpaired) electrons. The fourth-order valence-electron chi connectivity index (χ4n) is 3.72. The zero-order valence-corrected chi connectivity index (χ0v) is 15.3. The standard InChI is InChI=1S/C24H15NO4/c26-22-19-12-3-8-15-9-4-13-20(21(15)19)23(27)25(22)17-10-5-11-18(14-17)29-24(28)16-6-1-2-7-16/h1-6,8-14H,7H2. The molecule has 2 amide bonds. The summed E-state index contributed by atoms with van der Waals surface area (Å²) >= 11 is 0. The van der Waals surface area contributed by atoms with Gasteiger partial charge in [-0.05, 0) is 36.1 Å². The van der Waals surface area contributed by atoms with E-state index in [-0.39, 0.29) is 5.75 Å². The molecule has 0 atom stereocenters. The Morgan fingerprint density at radius 3 is 2.24 bits per heavy atom. The summed E-state index contributed by atoms with van der Waals surface area (Å²) in [5.74, 6) is -0.965. The van der Waals surface area contributed by atoms with Gasteiger partial charge in [0.1, 0.15) is 5.75 Å². The molecule has 0 saturated carbocycles. The average molecular weight is 381 g/mol. The molecule has 1 aliphatic heterocycles. The van der Waals surface area contributed by atoms with Crippen molar-refractivity contribution in [3.05, 3.63) is 95.6 Å². The lowest BCUT2D eigenvalue weighted by Gasteiger charge is -2.27. The number of amides is 2. The molecule has 5 heteroatoms. The molecule has 0 bridgehead atoms. The zero-order chi connectivity index (χ0) is 20.0. The lowest BCUT2D eigenvalue weighted by molar-refractivity contribution is -0.130. The van der Waals surface area contributed by atoms with Crippen LogP contribution in [0.2, 0.25) is 0 Å². The van der Waals surface area contributed by atoms with E-state index in [4.69, 9.17) is 4.74 Å². The van der Waals surface area contributed by atoms with Crippen LogP contribution in [-0.4, -0.2) is 17.8 Å². The summed E-state index contributed by atoms with van der Waals surface area (Å²) in [4.78, 5) is 39.6. The van der Waals surface area contributed by atoms with Crippen LogP contribution in [0.4, 0.5) is 5.69 Å². The Morgan fingerprint density at radius 1 is 0.897 bits per heavy atom. The minimum absolute atomic E-state index is 0.276. The van der Waals surface area contributed by atoms with Crippen molar-refractivity contribution in [1.82, 2.24) is 0 Å². The number of hydrogen-bond donors (Lipinski definition) is 0. The molecule has 29 heavy (non-hydrogen) atoms. The van der Waals surface area contributed by atoms with Gasteiger partial charge in [-0.15, -0.1) is 0 Å². The number of imide groups is 1. The van der Waals surface area contributed by atoms with Gasteiger partial charge >= 0.3 is 5.97 Å². The number of nitrogens with zero attached hydrogens (tertiary/aromatic N) is 1. The van der Waals surface area contributed by atoms with E-state index >= 15 is 0 Å². The van der Waals surface area contributed by atoms with E-state index < -0.39 is 17.8 Å². The molecule has 1 aliphatic carbocycles. The third-order valence-corrected chi connectivity index (χ3v) is 5.09. The lowest BCUT2D eigenvalue weighted by atomic mass is 9.94. The minimum Gasteiger partial charge on any atom is -0.423 e. The number of esters is 1. The van der Waals surface area contributed by atoms with Crippen molar-refractivity contribution in [1.29, 1.82) is 0 Å². The number of allylic oxidation sites excluding steroid dienone is 3. The highest BCUT2D eigenvalue weighted by molar-refractivity contribution is 6.35. The van der Waals surface area contributed by atoms with Crippen LogP contribution in [0.25, 0.3) is 10.8 Å². The Labute approximate surface area is 166 Å². The van der Waals surface area contributed by atoms with Crippen molar-refractivity contribution in [2.45, 2.75) is 6.42 Å². The molecular weight excluding hydrogens is 366 g/mol. The average Bonchev–Trinajstić information content (AvgIpc) is 3.27. The van der Waals surface area contributed by atoms with E-state index in [1.807, 2.05) is 18.2 Å². The number of hydrogen-bond acceptors (Lipinski definition) is 4. The van der Waals surface area contributed by atoms with Crippen LogP contribution in [0.5, 0.6) is 5.75 Å². The summed E-state index contributed by atoms with van der Waals surface area (Å²) in [5, 5.41) is 1.52. The first-order chi connectivity index (χ1) is 14.1. The van der Waals surface area contributed by atoms with E-state index in [1.165, 1.54) is 6.07 Å².